The zero-order valence-corrected chi connectivity index (χ0v) is 15.1. The van der Waals surface area contributed by atoms with E-state index in [1.807, 2.05) is 26.0 Å². The van der Waals surface area contributed by atoms with Gasteiger partial charge in [0.05, 0.1) is 5.56 Å². The molecule has 2 aromatic rings. The number of carbonyl (C=O) groups is 1. The maximum absolute atomic E-state index is 12.5. The molecule has 0 aliphatic carbocycles. The quantitative estimate of drug-likeness (QED) is 0.702. The Labute approximate surface area is 157 Å². The number of nitrogens with one attached hydrogen (secondary N) is 3. The number of ether oxygens (including phenoxy) is 1. The maximum atomic E-state index is 12.5. The van der Waals surface area contributed by atoms with Gasteiger partial charge in [-0.2, -0.15) is 10.2 Å². The van der Waals surface area contributed by atoms with Crippen molar-refractivity contribution in [3.05, 3.63) is 47.7 Å². The van der Waals surface area contributed by atoms with Crippen molar-refractivity contribution in [2.24, 2.45) is 0 Å². The smallest absolute Gasteiger partial charge is 0.256 e. The molecule has 3 N–H and O–H groups in total. The van der Waals surface area contributed by atoms with E-state index in [0.717, 1.165) is 0 Å². The Balaban J connectivity index is 2.03. The number of aromatic nitrogens is 2. The van der Waals surface area contributed by atoms with E-state index in [4.69, 9.17) is 4.74 Å². The molecule has 0 unspecified atom stereocenters. The minimum Gasteiger partial charge on any atom is -0.488 e. The number of anilines is 3. The number of hydrogen-bond donors (Lipinski definition) is 3. The van der Waals surface area contributed by atoms with Crippen molar-refractivity contribution >= 4 is 23.4 Å². The highest BCUT2D eigenvalue weighted by Gasteiger charge is 2.17. The first kappa shape index (κ1) is 18.2. The molecule has 0 spiro atoms. The topological polar surface area (TPSA) is 112 Å². The van der Waals surface area contributed by atoms with Crippen LogP contribution in [0.25, 0.3) is 0 Å². The molecule has 0 atom stereocenters. The van der Waals surface area contributed by atoms with Crippen molar-refractivity contribution in [1.29, 1.82) is 5.26 Å². The van der Waals surface area contributed by atoms with Crippen LogP contribution in [0.1, 0.15) is 29.8 Å². The van der Waals surface area contributed by atoms with Crippen molar-refractivity contribution in [1.82, 2.24) is 15.3 Å². The molecule has 4 bridgehead atoms. The summed E-state index contributed by atoms with van der Waals surface area (Å²) in [6.45, 7) is 4.60. The van der Waals surface area contributed by atoms with E-state index in [-0.39, 0.29) is 11.9 Å². The van der Waals surface area contributed by atoms with E-state index < -0.39 is 0 Å². The molecule has 0 saturated carbocycles. The van der Waals surface area contributed by atoms with E-state index in [2.05, 4.69) is 32.0 Å². The van der Waals surface area contributed by atoms with Crippen LogP contribution in [-0.2, 0) is 0 Å². The van der Waals surface area contributed by atoms with Crippen molar-refractivity contribution in [3.63, 3.8) is 0 Å². The highest BCUT2D eigenvalue weighted by atomic mass is 16.5. The standard InChI is InChI=1S/C19H20N6O2/c1-12(2)23-18(26)15-11-22-19-21-7-3-4-8-27-16-9-14(24-17(15)25-19)6-5-13(16)10-20/h3-6,9,11-12H,7-8H2,1-2H3,(H,23,26)(H2,21,22,24,25)/b4-3-. The summed E-state index contributed by atoms with van der Waals surface area (Å²) in [6.07, 6.45) is 5.21. The molecule has 0 saturated heterocycles. The van der Waals surface area contributed by atoms with Crippen LogP contribution in [-0.4, -0.2) is 35.1 Å². The van der Waals surface area contributed by atoms with Gasteiger partial charge in [0.15, 0.2) is 0 Å². The Bertz CT molecular complexity index is 917. The molecule has 0 radical (unpaired) electrons. The third kappa shape index (κ3) is 4.52. The molecule has 1 amide bonds. The fraction of sp³-hybridized carbons (Fsp3) is 0.263. The summed E-state index contributed by atoms with van der Waals surface area (Å²) in [5.41, 5.74) is 1.41. The van der Waals surface area contributed by atoms with Gasteiger partial charge in [-0.3, -0.25) is 4.79 Å². The van der Waals surface area contributed by atoms with Crippen LogP contribution in [0.3, 0.4) is 0 Å². The molecule has 0 fully saturated rings. The van der Waals surface area contributed by atoms with E-state index >= 15 is 0 Å². The van der Waals surface area contributed by atoms with Crippen LogP contribution < -0.4 is 20.7 Å². The number of benzene rings is 1. The average molecular weight is 364 g/mol. The lowest BCUT2D eigenvalue weighted by atomic mass is 10.2. The van der Waals surface area contributed by atoms with Gasteiger partial charge in [0, 0.05) is 30.5 Å². The molecular weight excluding hydrogens is 344 g/mol. The van der Waals surface area contributed by atoms with Crippen LogP contribution in [0, 0.1) is 11.3 Å². The van der Waals surface area contributed by atoms with Gasteiger partial charge < -0.3 is 20.7 Å². The Hall–Kier alpha value is -3.60. The average Bonchev–Trinajstić information content (AvgIpc) is 2.64. The molecule has 1 aliphatic rings. The largest absolute Gasteiger partial charge is 0.488 e. The first-order chi connectivity index (χ1) is 13.1. The van der Waals surface area contributed by atoms with Gasteiger partial charge in [-0.15, -0.1) is 0 Å². The highest BCUT2D eigenvalue weighted by Crippen LogP contribution is 2.26. The Morgan fingerprint density at radius 1 is 1.37 bits per heavy atom. The van der Waals surface area contributed by atoms with Crippen LogP contribution in [0.5, 0.6) is 5.75 Å². The summed E-state index contributed by atoms with van der Waals surface area (Å²) in [4.78, 5) is 21.1. The summed E-state index contributed by atoms with van der Waals surface area (Å²) in [5, 5.41) is 18.3. The second-order valence-electron chi connectivity index (χ2n) is 6.20. The zero-order valence-electron chi connectivity index (χ0n) is 15.1. The van der Waals surface area contributed by atoms with Crippen LogP contribution in [0.4, 0.5) is 17.5 Å². The Kier molecular flexibility index (Phi) is 5.52. The number of carbonyl (C=O) groups excluding carboxylic acids is 1. The van der Waals surface area contributed by atoms with E-state index in [0.29, 0.717) is 47.5 Å². The first-order valence-electron chi connectivity index (χ1n) is 8.57. The Morgan fingerprint density at radius 2 is 2.22 bits per heavy atom. The van der Waals surface area contributed by atoms with Crippen LogP contribution in [0.2, 0.25) is 0 Å². The minimum absolute atomic E-state index is 0.0164. The Morgan fingerprint density at radius 3 is 3.00 bits per heavy atom. The predicted molar refractivity (Wildman–Crippen MR) is 102 cm³/mol. The molecule has 1 aromatic heterocycles. The van der Waals surface area contributed by atoms with E-state index in [1.54, 1.807) is 18.2 Å². The third-order valence-electron chi connectivity index (χ3n) is 3.70. The molecule has 27 heavy (non-hydrogen) atoms. The number of nitrogens with zero attached hydrogens (tertiary/aromatic N) is 3. The van der Waals surface area contributed by atoms with Gasteiger partial charge in [0.1, 0.15) is 29.8 Å². The summed E-state index contributed by atoms with van der Waals surface area (Å²) < 4.78 is 5.68. The lowest BCUT2D eigenvalue weighted by molar-refractivity contribution is 0.0943. The predicted octanol–water partition coefficient (Wildman–Crippen LogP) is 2.59. The number of amides is 1. The lowest BCUT2D eigenvalue weighted by Gasteiger charge is -2.14. The zero-order chi connectivity index (χ0) is 19.2. The van der Waals surface area contributed by atoms with Crippen molar-refractivity contribution in [2.45, 2.75) is 19.9 Å². The highest BCUT2D eigenvalue weighted by molar-refractivity contribution is 5.99. The van der Waals surface area contributed by atoms with Gasteiger partial charge in [-0.25, -0.2) is 4.98 Å². The van der Waals surface area contributed by atoms with Gasteiger partial charge in [0.2, 0.25) is 5.95 Å². The van der Waals surface area contributed by atoms with Crippen LogP contribution in [0.15, 0.2) is 36.5 Å². The van der Waals surface area contributed by atoms with Gasteiger partial charge in [-0.05, 0) is 32.1 Å². The fourth-order valence-corrected chi connectivity index (χ4v) is 2.46. The summed E-state index contributed by atoms with van der Waals surface area (Å²) in [5.74, 6) is 0.956. The van der Waals surface area contributed by atoms with E-state index in [9.17, 15) is 10.1 Å². The molecule has 138 valence electrons. The molecular formula is C19H20N6O2. The number of rotatable bonds is 2. The summed E-state index contributed by atoms with van der Waals surface area (Å²) in [6, 6.07) is 7.20. The fourth-order valence-electron chi connectivity index (χ4n) is 2.46. The van der Waals surface area contributed by atoms with Gasteiger partial charge in [-0.1, -0.05) is 6.08 Å². The number of nitriles is 1. The lowest BCUT2D eigenvalue weighted by Crippen LogP contribution is -2.31. The van der Waals surface area contributed by atoms with Gasteiger partial charge in [0.25, 0.3) is 5.91 Å². The SMILES string of the molecule is CC(C)NC(=O)c1cnc2nc1Nc1ccc(C#N)c(c1)OC/C=C\CN2. The van der Waals surface area contributed by atoms with E-state index in [1.165, 1.54) is 6.20 Å². The van der Waals surface area contributed by atoms with Gasteiger partial charge >= 0.3 is 0 Å². The molecule has 3 rings (SSSR count). The monoisotopic (exact) mass is 364 g/mol. The first-order valence-corrected chi connectivity index (χ1v) is 8.57. The van der Waals surface area contributed by atoms with Crippen molar-refractivity contribution < 1.29 is 9.53 Å². The third-order valence-corrected chi connectivity index (χ3v) is 3.70. The number of fused-ring (bicyclic) bond motifs is 4. The normalized spacial score (nSPS) is 14.1. The van der Waals surface area contributed by atoms with Crippen molar-refractivity contribution in [2.75, 3.05) is 23.8 Å². The summed E-state index contributed by atoms with van der Waals surface area (Å²) in [7, 11) is 0. The number of hydrogen-bond acceptors (Lipinski definition) is 7. The van der Waals surface area contributed by atoms with Crippen LogP contribution >= 0.6 is 0 Å². The molecule has 2 heterocycles. The molecule has 8 heteroatoms. The minimum atomic E-state index is -0.270. The second kappa shape index (κ2) is 8.19. The molecule has 1 aromatic carbocycles. The molecule has 8 nitrogen and oxygen atoms in total. The molecule has 1 aliphatic heterocycles. The summed E-state index contributed by atoms with van der Waals surface area (Å²) >= 11 is 0. The maximum Gasteiger partial charge on any atom is 0.256 e. The second-order valence-corrected chi connectivity index (χ2v) is 6.20. The van der Waals surface area contributed by atoms with Crippen molar-refractivity contribution in [3.8, 4) is 11.8 Å².